The predicted octanol–water partition coefficient (Wildman–Crippen LogP) is 3.40. The first kappa shape index (κ1) is 15.5. The van der Waals surface area contributed by atoms with Crippen LogP contribution in [0.4, 0.5) is 0 Å². The summed E-state index contributed by atoms with van der Waals surface area (Å²) in [6.07, 6.45) is 5.14. The molecule has 0 aliphatic heterocycles. The van der Waals surface area contributed by atoms with Crippen LogP contribution in [0.5, 0.6) is 0 Å². The van der Waals surface area contributed by atoms with Gasteiger partial charge in [0.05, 0.1) is 5.02 Å². The average Bonchev–Trinajstić information content (AvgIpc) is 3.29. The zero-order valence-electron chi connectivity index (χ0n) is 12.2. The van der Waals surface area contributed by atoms with Gasteiger partial charge < -0.3 is 0 Å². The molecule has 0 N–H and O–H groups in total. The minimum absolute atomic E-state index is 0.0653. The summed E-state index contributed by atoms with van der Waals surface area (Å²) in [4.78, 5) is 4.15. The molecule has 0 saturated heterocycles. The van der Waals surface area contributed by atoms with Crippen LogP contribution in [0.25, 0.3) is 0 Å². The van der Waals surface area contributed by atoms with Gasteiger partial charge in [-0.05, 0) is 55.2 Å². The lowest BCUT2D eigenvalue weighted by molar-refractivity contribution is 0.398. The maximum Gasteiger partial charge on any atom is 0.245 e. The number of sulfonamides is 1. The molecule has 1 heterocycles. The van der Waals surface area contributed by atoms with Gasteiger partial charge in [0, 0.05) is 25.0 Å². The summed E-state index contributed by atoms with van der Waals surface area (Å²) in [6, 6.07) is 8.79. The molecule has 0 bridgehead atoms. The highest BCUT2D eigenvalue weighted by atomic mass is 35.5. The Balaban J connectivity index is 1.96. The Hall–Kier alpha value is -1.43. The van der Waals surface area contributed by atoms with E-state index < -0.39 is 10.0 Å². The summed E-state index contributed by atoms with van der Waals surface area (Å²) in [5.74, 6) is 0. The molecule has 1 fully saturated rings. The molecule has 0 spiro atoms. The van der Waals surface area contributed by atoms with Gasteiger partial charge in [0.2, 0.25) is 10.0 Å². The Labute approximate surface area is 135 Å². The van der Waals surface area contributed by atoms with Crippen molar-refractivity contribution in [3.8, 4) is 0 Å². The van der Waals surface area contributed by atoms with E-state index in [0.717, 1.165) is 24.0 Å². The van der Waals surface area contributed by atoms with Crippen molar-refractivity contribution in [1.29, 1.82) is 0 Å². The molecule has 22 heavy (non-hydrogen) atoms. The second-order valence-corrected chi connectivity index (χ2v) is 7.84. The number of nitrogens with zero attached hydrogens (tertiary/aromatic N) is 2. The number of hydrogen-bond donors (Lipinski definition) is 0. The van der Waals surface area contributed by atoms with Crippen molar-refractivity contribution >= 4 is 21.6 Å². The zero-order chi connectivity index (χ0) is 15.7. The number of aromatic nitrogens is 1. The zero-order valence-corrected chi connectivity index (χ0v) is 13.8. The third kappa shape index (κ3) is 3.16. The van der Waals surface area contributed by atoms with E-state index in [1.54, 1.807) is 34.9 Å². The van der Waals surface area contributed by atoms with E-state index in [-0.39, 0.29) is 16.0 Å². The highest BCUT2D eigenvalue weighted by molar-refractivity contribution is 7.89. The number of rotatable bonds is 5. The van der Waals surface area contributed by atoms with Gasteiger partial charge >= 0.3 is 0 Å². The topological polar surface area (TPSA) is 50.3 Å². The van der Waals surface area contributed by atoms with Gasteiger partial charge in [0.25, 0.3) is 0 Å². The van der Waals surface area contributed by atoms with E-state index in [2.05, 4.69) is 4.98 Å². The summed E-state index contributed by atoms with van der Waals surface area (Å²) in [6.45, 7) is 2.23. The number of hydrogen-bond acceptors (Lipinski definition) is 3. The molecule has 1 aliphatic carbocycles. The van der Waals surface area contributed by atoms with Gasteiger partial charge in [-0.3, -0.25) is 4.98 Å². The molecule has 1 aliphatic rings. The van der Waals surface area contributed by atoms with E-state index in [4.69, 9.17) is 11.6 Å². The first-order valence-electron chi connectivity index (χ1n) is 7.15. The normalized spacial score (nSPS) is 15.2. The predicted molar refractivity (Wildman–Crippen MR) is 86.2 cm³/mol. The lowest BCUT2D eigenvalue weighted by atomic mass is 10.2. The summed E-state index contributed by atoms with van der Waals surface area (Å²) in [5.41, 5.74) is 1.87. The van der Waals surface area contributed by atoms with Crippen LogP contribution in [0.1, 0.15) is 24.0 Å². The van der Waals surface area contributed by atoms with Gasteiger partial charge in [-0.1, -0.05) is 17.7 Å². The number of pyridine rings is 1. The van der Waals surface area contributed by atoms with Crippen molar-refractivity contribution in [2.24, 2.45) is 0 Å². The van der Waals surface area contributed by atoms with Crippen molar-refractivity contribution in [2.45, 2.75) is 37.2 Å². The van der Waals surface area contributed by atoms with E-state index in [9.17, 15) is 8.42 Å². The Bertz CT molecular complexity index is 774. The highest BCUT2D eigenvalue weighted by Crippen LogP contribution is 2.35. The molecule has 0 radical (unpaired) electrons. The lowest BCUT2D eigenvalue weighted by Gasteiger charge is -2.22. The maximum absolute atomic E-state index is 13.0. The van der Waals surface area contributed by atoms with Crippen LogP contribution in [0.3, 0.4) is 0 Å². The van der Waals surface area contributed by atoms with Gasteiger partial charge in [0.1, 0.15) is 4.90 Å². The first-order valence-corrected chi connectivity index (χ1v) is 8.97. The molecule has 1 saturated carbocycles. The molecule has 116 valence electrons. The van der Waals surface area contributed by atoms with Crippen molar-refractivity contribution in [1.82, 2.24) is 9.29 Å². The molecule has 1 aromatic heterocycles. The Kier molecular flexibility index (Phi) is 4.21. The van der Waals surface area contributed by atoms with E-state index >= 15 is 0 Å². The fourth-order valence-corrected chi connectivity index (χ4v) is 4.63. The van der Waals surface area contributed by atoms with Gasteiger partial charge in [0.15, 0.2) is 0 Å². The Morgan fingerprint density at radius 1 is 1.23 bits per heavy atom. The highest BCUT2D eigenvalue weighted by Gasteiger charge is 2.38. The van der Waals surface area contributed by atoms with Crippen molar-refractivity contribution in [2.75, 3.05) is 0 Å². The fourth-order valence-electron chi connectivity index (χ4n) is 2.38. The maximum atomic E-state index is 13.0. The quantitative estimate of drug-likeness (QED) is 0.840. The second-order valence-electron chi connectivity index (χ2n) is 5.57. The molecule has 1 aromatic carbocycles. The van der Waals surface area contributed by atoms with Crippen LogP contribution in [-0.4, -0.2) is 23.7 Å². The van der Waals surface area contributed by atoms with Crippen LogP contribution in [-0.2, 0) is 16.6 Å². The molecule has 4 nitrogen and oxygen atoms in total. The Morgan fingerprint density at radius 3 is 2.50 bits per heavy atom. The first-order chi connectivity index (χ1) is 10.5. The largest absolute Gasteiger partial charge is 0.265 e. The molecule has 6 heteroatoms. The lowest BCUT2D eigenvalue weighted by Crippen LogP contribution is -2.32. The summed E-state index contributed by atoms with van der Waals surface area (Å²) in [7, 11) is -3.60. The SMILES string of the molecule is Cc1ccc(S(=O)(=O)N(Cc2ccncc2)C2CC2)c(Cl)c1. The average molecular weight is 337 g/mol. The standard InChI is InChI=1S/C16H17ClN2O2S/c1-12-2-5-16(15(17)10-12)22(20,21)19(14-3-4-14)11-13-6-8-18-9-7-13/h2,5-10,14H,3-4,11H2,1H3. The van der Waals surface area contributed by atoms with E-state index in [0.29, 0.717) is 6.54 Å². The van der Waals surface area contributed by atoms with Crippen LogP contribution < -0.4 is 0 Å². The second kappa shape index (κ2) is 5.99. The molecule has 0 atom stereocenters. The van der Waals surface area contributed by atoms with E-state index in [1.807, 2.05) is 19.1 Å². The molecule has 2 aromatic rings. The Morgan fingerprint density at radius 2 is 1.91 bits per heavy atom. The molecule has 0 unspecified atom stereocenters. The van der Waals surface area contributed by atoms with Crippen molar-refractivity contribution < 1.29 is 8.42 Å². The molecular formula is C16H17ClN2O2S. The molecule has 3 rings (SSSR count). The monoisotopic (exact) mass is 336 g/mol. The minimum Gasteiger partial charge on any atom is -0.265 e. The third-order valence-electron chi connectivity index (χ3n) is 3.72. The summed E-state index contributed by atoms with van der Waals surface area (Å²) < 4.78 is 27.5. The van der Waals surface area contributed by atoms with Gasteiger partial charge in [-0.15, -0.1) is 0 Å². The number of halogens is 1. The fraction of sp³-hybridized carbons (Fsp3) is 0.312. The van der Waals surface area contributed by atoms with Crippen LogP contribution in [0.15, 0.2) is 47.6 Å². The number of aryl methyl sites for hydroxylation is 1. The number of benzene rings is 1. The van der Waals surface area contributed by atoms with E-state index in [1.165, 1.54) is 0 Å². The third-order valence-corrected chi connectivity index (χ3v) is 6.10. The van der Waals surface area contributed by atoms with Crippen molar-refractivity contribution in [3.63, 3.8) is 0 Å². The molecule has 0 amide bonds. The molecular weight excluding hydrogens is 320 g/mol. The summed E-state index contributed by atoms with van der Waals surface area (Å²) in [5, 5.41) is 0.278. The van der Waals surface area contributed by atoms with Gasteiger partial charge in [-0.25, -0.2) is 8.42 Å². The minimum atomic E-state index is -3.60. The van der Waals surface area contributed by atoms with Crippen LogP contribution >= 0.6 is 11.6 Å². The van der Waals surface area contributed by atoms with Gasteiger partial charge in [-0.2, -0.15) is 4.31 Å². The van der Waals surface area contributed by atoms with Crippen LogP contribution in [0.2, 0.25) is 5.02 Å². The van der Waals surface area contributed by atoms with Crippen molar-refractivity contribution in [3.05, 3.63) is 58.9 Å². The van der Waals surface area contributed by atoms with Crippen LogP contribution in [0, 0.1) is 6.92 Å². The summed E-state index contributed by atoms with van der Waals surface area (Å²) >= 11 is 6.17. The smallest absolute Gasteiger partial charge is 0.245 e.